The van der Waals surface area contributed by atoms with Crippen molar-refractivity contribution < 1.29 is 14.0 Å². The number of carbonyl (C=O) groups excluding carboxylic acids is 2. The summed E-state index contributed by atoms with van der Waals surface area (Å²) in [4.78, 5) is 28.0. The number of hydrogen-bond acceptors (Lipinski definition) is 4. The molecular weight excluding hydrogens is 366 g/mol. The quantitative estimate of drug-likeness (QED) is 0.843. The second-order valence-electron chi connectivity index (χ2n) is 8.45. The van der Waals surface area contributed by atoms with Crippen LogP contribution in [-0.2, 0) is 9.59 Å². The molecule has 2 aromatic rings. The molecule has 142 valence electrons. The predicted octanol–water partition coefficient (Wildman–Crippen LogP) is 3.29. The van der Waals surface area contributed by atoms with Crippen molar-refractivity contribution in [1.29, 1.82) is 0 Å². The molecule has 2 saturated carbocycles. The Hall–Kier alpha value is -2.08. The number of nitrogens with one attached hydrogen (secondary N) is 2. The van der Waals surface area contributed by atoms with Crippen molar-refractivity contribution in [3.8, 4) is 0 Å². The summed E-state index contributed by atoms with van der Waals surface area (Å²) in [6.07, 6.45) is 5.88. The van der Waals surface area contributed by atoms with Crippen LogP contribution < -0.4 is 10.6 Å². The van der Waals surface area contributed by atoms with E-state index < -0.39 is 0 Å². The van der Waals surface area contributed by atoms with Crippen LogP contribution >= 0.6 is 11.6 Å². The van der Waals surface area contributed by atoms with E-state index in [9.17, 15) is 9.59 Å². The van der Waals surface area contributed by atoms with E-state index in [0.29, 0.717) is 29.2 Å². The Bertz CT molecular complexity index is 910. The summed E-state index contributed by atoms with van der Waals surface area (Å²) in [5.41, 5.74) is 1.94. The first-order valence-electron chi connectivity index (χ1n) is 9.63. The maximum atomic E-state index is 12.1. The lowest BCUT2D eigenvalue weighted by Gasteiger charge is -2.57. The van der Waals surface area contributed by atoms with Crippen LogP contribution in [0.5, 0.6) is 0 Å². The van der Waals surface area contributed by atoms with E-state index in [2.05, 4.69) is 15.6 Å². The van der Waals surface area contributed by atoms with Gasteiger partial charge in [-0.2, -0.15) is 0 Å². The second-order valence-corrected chi connectivity index (χ2v) is 8.89. The summed E-state index contributed by atoms with van der Waals surface area (Å²) in [6.45, 7) is 0. The number of hydrogen-bond donors (Lipinski definition) is 2. The van der Waals surface area contributed by atoms with Crippen LogP contribution in [0.1, 0.15) is 56.8 Å². The van der Waals surface area contributed by atoms with Crippen molar-refractivity contribution in [2.75, 3.05) is 0 Å². The number of halogens is 1. The number of nitrogens with zero attached hydrogens (tertiary/aromatic N) is 1. The van der Waals surface area contributed by atoms with Crippen molar-refractivity contribution >= 4 is 34.5 Å². The lowest BCUT2D eigenvalue weighted by atomic mass is 9.50. The van der Waals surface area contributed by atoms with Gasteiger partial charge in [0.25, 0.3) is 0 Å². The maximum Gasteiger partial charge on any atom is 0.222 e. The molecule has 1 atom stereocenters. The normalized spacial score (nSPS) is 32.2. The minimum absolute atomic E-state index is 0.00674. The lowest BCUT2D eigenvalue weighted by molar-refractivity contribution is -0.125. The van der Waals surface area contributed by atoms with Crippen LogP contribution in [-0.4, -0.2) is 28.9 Å². The van der Waals surface area contributed by atoms with Crippen LogP contribution in [0.2, 0.25) is 5.02 Å². The van der Waals surface area contributed by atoms with E-state index in [1.165, 1.54) is 0 Å². The molecule has 5 rings (SSSR count). The predicted molar refractivity (Wildman–Crippen MR) is 100 cm³/mol. The van der Waals surface area contributed by atoms with E-state index >= 15 is 0 Å². The molecule has 7 heteroatoms. The molecule has 1 aliphatic heterocycles. The fourth-order valence-electron chi connectivity index (χ4n) is 5.02. The number of aromatic nitrogens is 1. The third kappa shape index (κ3) is 3.20. The number of rotatable bonds is 4. The maximum absolute atomic E-state index is 12.1. The van der Waals surface area contributed by atoms with Crippen molar-refractivity contribution in [3.05, 3.63) is 29.1 Å². The molecule has 2 N–H and O–H groups in total. The van der Waals surface area contributed by atoms with Gasteiger partial charge >= 0.3 is 0 Å². The molecule has 0 bridgehead atoms. The zero-order valence-corrected chi connectivity index (χ0v) is 15.7. The molecular formula is C20H22ClN3O3. The lowest BCUT2D eigenvalue weighted by Crippen LogP contribution is -2.56. The first-order valence-corrected chi connectivity index (χ1v) is 10.0. The van der Waals surface area contributed by atoms with Gasteiger partial charge < -0.3 is 15.1 Å². The highest BCUT2D eigenvalue weighted by molar-refractivity contribution is 6.31. The number of benzene rings is 1. The molecule has 2 amide bonds. The molecule has 1 unspecified atom stereocenters. The van der Waals surface area contributed by atoms with Gasteiger partial charge in [-0.25, -0.2) is 4.98 Å². The second kappa shape index (κ2) is 6.23. The summed E-state index contributed by atoms with van der Waals surface area (Å²) in [5, 5.41) is 6.63. The van der Waals surface area contributed by atoms with E-state index in [1.54, 1.807) is 0 Å². The van der Waals surface area contributed by atoms with Crippen molar-refractivity contribution in [2.45, 2.75) is 62.9 Å². The molecule has 2 aliphatic carbocycles. The average molecular weight is 388 g/mol. The van der Waals surface area contributed by atoms with Gasteiger partial charge in [0.1, 0.15) is 5.52 Å². The van der Waals surface area contributed by atoms with Crippen molar-refractivity contribution in [1.82, 2.24) is 15.6 Å². The molecule has 6 nitrogen and oxygen atoms in total. The Morgan fingerprint density at radius 1 is 1.33 bits per heavy atom. The number of fused-ring (bicyclic) bond motifs is 1. The highest BCUT2D eigenvalue weighted by Crippen LogP contribution is 2.61. The molecule has 1 aromatic heterocycles. The average Bonchev–Trinajstić information content (AvgIpc) is 3.13. The summed E-state index contributed by atoms with van der Waals surface area (Å²) in [5.74, 6) is 1.27. The Balaban J connectivity index is 1.11. The third-order valence-electron chi connectivity index (χ3n) is 6.31. The van der Waals surface area contributed by atoms with Crippen LogP contribution in [0.3, 0.4) is 0 Å². The Morgan fingerprint density at radius 3 is 2.89 bits per heavy atom. The van der Waals surface area contributed by atoms with E-state index in [0.717, 1.165) is 49.1 Å². The van der Waals surface area contributed by atoms with Crippen molar-refractivity contribution in [3.63, 3.8) is 0 Å². The van der Waals surface area contributed by atoms with Crippen LogP contribution in [0.15, 0.2) is 22.6 Å². The van der Waals surface area contributed by atoms with Gasteiger partial charge in [0, 0.05) is 35.9 Å². The first kappa shape index (κ1) is 17.0. The summed E-state index contributed by atoms with van der Waals surface area (Å²) in [7, 11) is 0. The third-order valence-corrected chi connectivity index (χ3v) is 6.55. The largest absolute Gasteiger partial charge is 0.440 e. The monoisotopic (exact) mass is 387 g/mol. The number of amides is 2. The molecule has 1 aromatic carbocycles. The Kier molecular flexibility index (Phi) is 3.93. The number of carbonyl (C=O) groups is 2. The van der Waals surface area contributed by atoms with E-state index in [4.69, 9.17) is 16.0 Å². The van der Waals surface area contributed by atoms with E-state index in [1.807, 2.05) is 18.2 Å². The van der Waals surface area contributed by atoms with Gasteiger partial charge in [0.15, 0.2) is 11.5 Å². The smallest absolute Gasteiger partial charge is 0.222 e. The fraction of sp³-hybridized carbons (Fsp3) is 0.550. The highest BCUT2D eigenvalue weighted by Gasteiger charge is 2.54. The van der Waals surface area contributed by atoms with Gasteiger partial charge in [-0.3, -0.25) is 9.59 Å². The molecule has 27 heavy (non-hydrogen) atoms. The van der Waals surface area contributed by atoms with Gasteiger partial charge in [0.05, 0.1) is 0 Å². The van der Waals surface area contributed by atoms with Crippen LogP contribution in [0.4, 0.5) is 0 Å². The minimum atomic E-state index is 0.00674. The molecule has 3 fully saturated rings. The fourth-order valence-corrected chi connectivity index (χ4v) is 5.18. The molecule has 2 heterocycles. The van der Waals surface area contributed by atoms with Crippen LogP contribution in [0.25, 0.3) is 11.1 Å². The zero-order valence-electron chi connectivity index (χ0n) is 15.0. The molecule has 0 radical (unpaired) electrons. The summed E-state index contributed by atoms with van der Waals surface area (Å²) in [6, 6.07) is 5.78. The molecule has 1 saturated heterocycles. The first-order chi connectivity index (χ1) is 13.0. The minimum Gasteiger partial charge on any atom is -0.440 e. The Morgan fingerprint density at radius 2 is 2.15 bits per heavy atom. The van der Waals surface area contributed by atoms with Gasteiger partial charge in [-0.15, -0.1) is 0 Å². The Labute approximate surface area is 162 Å². The standard InChI is InChI=1S/C20H22ClN3O3/c21-12-1-3-16-15(5-12)24-19(27-16)11-7-20(8-11)9-14(10-20)23-18(26)6-13-2-4-17(25)22-13/h1,3,5,11,13-14H,2,4,6-10H2,(H,22,25)(H,23,26). The van der Waals surface area contributed by atoms with Gasteiger partial charge in [-0.05, 0) is 55.7 Å². The molecule has 3 aliphatic rings. The zero-order chi connectivity index (χ0) is 18.6. The molecule has 1 spiro atoms. The SMILES string of the molecule is O=C1CCC(CC(=O)NC2CC3(C2)CC(c2nc4cc(Cl)ccc4o2)C3)N1. The van der Waals surface area contributed by atoms with Crippen LogP contribution in [0, 0.1) is 5.41 Å². The van der Waals surface area contributed by atoms with E-state index in [-0.39, 0.29) is 23.9 Å². The summed E-state index contributed by atoms with van der Waals surface area (Å²) >= 11 is 6.01. The van der Waals surface area contributed by atoms with Gasteiger partial charge in [0.2, 0.25) is 11.8 Å². The summed E-state index contributed by atoms with van der Waals surface area (Å²) < 4.78 is 5.89. The highest BCUT2D eigenvalue weighted by atomic mass is 35.5. The van der Waals surface area contributed by atoms with Crippen molar-refractivity contribution in [2.24, 2.45) is 5.41 Å². The number of oxazole rings is 1. The van der Waals surface area contributed by atoms with Gasteiger partial charge in [-0.1, -0.05) is 11.6 Å². The topological polar surface area (TPSA) is 84.2 Å².